The molecule has 0 aliphatic heterocycles. The van der Waals surface area contributed by atoms with Crippen LogP contribution >= 0.6 is 0 Å². The lowest BCUT2D eigenvalue weighted by Gasteiger charge is -2.07. The molecular formula is C20H22FN5O. The van der Waals surface area contributed by atoms with E-state index < -0.39 is 11.7 Å². The third-order valence-electron chi connectivity index (χ3n) is 4.23. The van der Waals surface area contributed by atoms with E-state index in [1.165, 1.54) is 10.7 Å². The van der Waals surface area contributed by atoms with Crippen molar-refractivity contribution >= 4 is 5.91 Å². The Bertz CT molecular complexity index is 934. The number of hydrogen-bond donors (Lipinski definition) is 2. The van der Waals surface area contributed by atoms with Crippen LogP contribution in [-0.2, 0) is 13.0 Å². The minimum atomic E-state index is -0.418. The summed E-state index contributed by atoms with van der Waals surface area (Å²) in [7, 11) is 0. The number of nitrogens with one attached hydrogen (secondary N) is 1. The highest BCUT2D eigenvalue weighted by Crippen LogP contribution is 2.15. The second kappa shape index (κ2) is 8.09. The largest absolute Gasteiger partial charge is 0.345 e. The van der Waals surface area contributed by atoms with E-state index in [1.807, 2.05) is 38.1 Å². The molecule has 1 amide bonds. The smallest absolute Gasteiger partial charge is 0.291 e. The molecule has 6 nitrogen and oxygen atoms in total. The predicted molar refractivity (Wildman–Crippen MR) is 101 cm³/mol. The highest BCUT2D eigenvalue weighted by Gasteiger charge is 2.18. The van der Waals surface area contributed by atoms with E-state index in [0.29, 0.717) is 18.8 Å². The number of aromatic nitrogens is 3. The summed E-state index contributed by atoms with van der Waals surface area (Å²) in [6.07, 6.45) is 0.521. The summed E-state index contributed by atoms with van der Waals surface area (Å²) in [5.74, 6) is -0.289. The van der Waals surface area contributed by atoms with Gasteiger partial charge in [0.1, 0.15) is 17.3 Å². The number of nitrogens with zero attached hydrogens (tertiary/aromatic N) is 3. The number of carbonyl (C=O) groups is 1. The third-order valence-corrected chi connectivity index (χ3v) is 4.23. The maximum absolute atomic E-state index is 14.1. The van der Waals surface area contributed by atoms with Crippen molar-refractivity contribution in [3.8, 4) is 5.69 Å². The molecule has 0 spiro atoms. The molecule has 3 aromatic rings. The van der Waals surface area contributed by atoms with Gasteiger partial charge in [-0.2, -0.15) is 0 Å². The first-order valence-corrected chi connectivity index (χ1v) is 8.83. The van der Waals surface area contributed by atoms with Crippen molar-refractivity contribution in [3.63, 3.8) is 0 Å². The van der Waals surface area contributed by atoms with Crippen molar-refractivity contribution in [2.45, 2.75) is 32.9 Å². The molecule has 1 atom stereocenters. The number of nitrogens with two attached hydrogens (primary N) is 1. The molecular weight excluding hydrogens is 345 g/mol. The Hall–Kier alpha value is -3.06. The van der Waals surface area contributed by atoms with E-state index in [9.17, 15) is 9.18 Å². The Balaban J connectivity index is 1.74. The van der Waals surface area contributed by atoms with Crippen molar-refractivity contribution in [1.29, 1.82) is 0 Å². The molecule has 3 N–H and O–H groups in total. The molecule has 3 rings (SSSR count). The summed E-state index contributed by atoms with van der Waals surface area (Å²) in [5.41, 5.74) is 8.08. The highest BCUT2D eigenvalue weighted by molar-refractivity contribution is 5.90. The predicted octanol–water partition coefficient (Wildman–Crippen LogP) is 2.92. The first kappa shape index (κ1) is 18.7. The third kappa shape index (κ3) is 4.20. The van der Waals surface area contributed by atoms with Crippen LogP contribution in [0.3, 0.4) is 0 Å². The van der Waals surface area contributed by atoms with Gasteiger partial charge in [-0.05, 0) is 30.2 Å². The van der Waals surface area contributed by atoms with Gasteiger partial charge in [0.05, 0.1) is 0 Å². The van der Waals surface area contributed by atoms with E-state index in [-0.39, 0.29) is 17.6 Å². The van der Waals surface area contributed by atoms with Crippen LogP contribution in [0.2, 0.25) is 0 Å². The SMILES string of the molecule is CCc1nc(C(=O)NCc2ccc(C(C)N)cc2)nn1-c1ccccc1F. The number of hydrogen-bond acceptors (Lipinski definition) is 4. The number of rotatable bonds is 6. The van der Waals surface area contributed by atoms with Crippen LogP contribution in [0, 0.1) is 5.82 Å². The van der Waals surface area contributed by atoms with Gasteiger partial charge in [-0.15, -0.1) is 5.10 Å². The molecule has 0 aliphatic carbocycles. The lowest BCUT2D eigenvalue weighted by atomic mass is 10.1. The molecule has 1 aromatic heterocycles. The van der Waals surface area contributed by atoms with Crippen molar-refractivity contribution in [1.82, 2.24) is 20.1 Å². The van der Waals surface area contributed by atoms with Crippen molar-refractivity contribution in [2.24, 2.45) is 5.73 Å². The van der Waals surface area contributed by atoms with Crippen LogP contribution in [-0.4, -0.2) is 20.7 Å². The summed E-state index contributed by atoms with van der Waals surface area (Å²) >= 11 is 0. The Morgan fingerprint density at radius 3 is 2.56 bits per heavy atom. The summed E-state index contributed by atoms with van der Waals surface area (Å²) < 4.78 is 15.4. The topological polar surface area (TPSA) is 85.8 Å². The van der Waals surface area contributed by atoms with Gasteiger partial charge in [-0.3, -0.25) is 4.79 Å². The van der Waals surface area contributed by atoms with Crippen LogP contribution in [0.1, 0.15) is 47.5 Å². The van der Waals surface area contributed by atoms with Crippen molar-refractivity contribution < 1.29 is 9.18 Å². The molecule has 0 radical (unpaired) electrons. The average molecular weight is 367 g/mol. The molecule has 7 heteroatoms. The molecule has 0 bridgehead atoms. The van der Waals surface area contributed by atoms with Gasteiger partial charge in [-0.25, -0.2) is 14.1 Å². The quantitative estimate of drug-likeness (QED) is 0.701. The van der Waals surface area contributed by atoms with Gasteiger partial charge in [0.25, 0.3) is 5.91 Å². The first-order valence-electron chi connectivity index (χ1n) is 8.83. The Kier molecular flexibility index (Phi) is 5.61. The zero-order valence-corrected chi connectivity index (χ0v) is 15.3. The number of benzene rings is 2. The molecule has 1 unspecified atom stereocenters. The van der Waals surface area contributed by atoms with E-state index >= 15 is 0 Å². The summed E-state index contributed by atoms with van der Waals surface area (Å²) in [5, 5.41) is 6.99. The van der Waals surface area contributed by atoms with Crippen molar-refractivity contribution in [2.75, 3.05) is 0 Å². The Morgan fingerprint density at radius 1 is 1.22 bits per heavy atom. The minimum absolute atomic E-state index is 0.0160. The van der Waals surface area contributed by atoms with Gasteiger partial charge in [0.2, 0.25) is 5.82 Å². The van der Waals surface area contributed by atoms with Gasteiger partial charge in [0, 0.05) is 19.0 Å². The van der Waals surface area contributed by atoms with Crippen LogP contribution in [0.4, 0.5) is 4.39 Å². The second-order valence-electron chi connectivity index (χ2n) is 6.28. The Morgan fingerprint density at radius 2 is 1.93 bits per heavy atom. The van der Waals surface area contributed by atoms with E-state index in [1.54, 1.807) is 18.2 Å². The number of carbonyl (C=O) groups excluding carboxylic acids is 1. The first-order chi connectivity index (χ1) is 13.0. The van der Waals surface area contributed by atoms with Gasteiger partial charge in [-0.1, -0.05) is 43.3 Å². The number of para-hydroxylation sites is 1. The highest BCUT2D eigenvalue weighted by atomic mass is 19.1. The second-order valence-corrected chi connectivity index (χ2v) is 6.28. The maximum atomic E-state index is 14.1. The van der Waals surface area contributed by atoms with E-state index in [4.69, 9.17) is 5.73 Å². The molecule has 27 heavy (non-hydrogen) atoms. The maximum Gasteiger partial charge on any atom is 0.291 e. The van der Waals surface area contributed by atoms with Crippen LogP contribution in [0.25, 0.3) is 5.69 Å². The van der Waals surface area contributed by atoms with Crippen LogP contribution in [0.5, 0.6) is 0 Å². The molecule has 2 aromatic carbocycles. The van der Waals surface area contributed by atoms with Crippen molar-refractivity contribution in [3.05, 3.63) is 77.1 Å². The zero-order valence-electron chi connectivity index (χ0n) is 15.3. The molecule has 0 fully saturated rings. The fraction of sp³-hybridized carbons (Fsp3) is 0.250. The van der Waals surface area contributed by atoms with Gasteiger partial charge in [0.15, 0.2) is 0 Å². The average Bonchev–Trinajstić information content (AvgIpc) is 3.11. The summed E-state index contributed by atoms with van der Waals surface area (Å²) in [6.45, 7) is 4.14. The molecule has 0 aliphatic rings. The summed E-state index contributed by atoms with van der Waals surface area (Å²) in [6, 6.07) is 13.9. The van der Waals surface area contributed by atoms with E-state index in [0.717, 1.165) is 11.1 Å². The molecule has 0 saturated carbocycles. The molecule has 1 heterocycles. The fourth-order valence-corrected chi connectivity index (χ4v) is 2.69. The zero-order chi connectivity index (χ0) is 19.4. The van der Waals surface area contributed by atoms with Gasteiger partial charge >= 0.3 is 0 Å². The number of halogens is 1. The standard InChI is InChI=1S/C20H22FN5O/c1-3-18-24-19(25-26(18)17-7-5-4-6-16(17)21)20(27)23-12-14-8-10-15(11-9-14)13(2)22/h4-11,13H,3,12,22H2,1-2H3,(H,23,27). The normalized spacial score (nSPS) is 12.0. The number of amides is 1. The van der Waals surface area contributed by atoms with Crippen LogP contribution in [0.15, 0.2) is 48.5 Å². The number of aryl methyl sites for hydroxylation is 1. The molecule has 140 valence electrons. The van der Waals surface area contributed by atoms with Crippen LogP contribution < -0.4 is 11.1 Å². The van der Waals surface area contributed by atoms with Gasteiger partial charge < -0.3 is 11.1 Å². The lowest BCUT2D eigenvalue weighted by Crippen LogP contribution is -2.24. The molecule has 0 saturated heterocycles. The monoisotopic (exact) mass is 367 g/mol. The Labute approximate surface area is 157 Å². The summed E-state index contributed by atoms with van der Waals surface area (Å²) in [4.78, 5) is 16.7. The van der Waals surface area contributed by atoms with E-state index in [2.05, 4.69) is 15.4 Å². The fourth-order valence-electron chi connectivity index (χ4n) is 2.69. The minimum Gasteiger partial charge on any atom is -0.345 e. The lowest BCUT2D eigenvalue weighted by molar-refractivity contribution is 0.0940.